The molecule has 100 valence electrons. The normalized spacial score (nSPS) is 10.5. The molecule has 0 saturated heterocycles. The Balaban J connectivity index is 2.17. The van der Waals surface area contributed by atoms with Crippen LogP contribution in [0.25, 0.3) is 0 Å². The molecule has 2 rings (SSSR count). The highest BCUT2D eigenvalue weighted by atomic mass is 16.5. The Kier molecular flexibility index (Phi) is 3.55. The van der Waals surface area contributed by atoms with E-state index in [2.05, 4.69) is 10.2 Å². The molecular formula is C14H16N2O3. The summed E-state index contributed by atoms with van der Waals surface area (Å²) in [6, 6.07) is 5.85. The SMILES string of the molecule is Cc1ccc(OCc2n[nH]c(C)c2C(=O)O)c(C)c1. The van der Waals surface area contributed by atoms with Gasteiger partial charge in [0.15, 0.2) is 0 Å². The largest absolute Gasteiger partial charge is 0.487 e. The number of nitrogens with zero attached hydrogens (tertiary/aromatic N) is 1. The number of aromatic carboxylic acids is 1. The van der Waals surface area contributed by atoms with E-state index in [-0.39, 0.29) is 12.2 Å². The van der Waals surface area contributed by atoms with Crippen LogP contribution in [0.1, 0.15) is 32.9 Å². The first-order valence-corrected chi connectivity index (χ1v) is 5.96. The van der Waals surface area contributed by atoms with Crippen molar-refractivity contribution in [2.45, 2.75) is 27.4 Å². The molecule has 0 aliphatic carbocycles. The zero-order valence-corrected chi connectivity index (χ0v) is 11.2. The Morgan fingerprint density at radius 3 is 2.74 bits per heavy atom. The molecular weight excluding hydrogens is 244 g/mol. The van der Waals surface area contributed by atoms with Gasteiger partial charge in [0.25, 0.3) is 0 Å². The minimum Gasteiger partial charge on any atom is -0.487 e. The second kappa shape index (κ2) is 5.14. The summed E-state index contributed by atoms with van der Waals surface area (Å²) in [5, 5.41) is 15.7. The first kappa shape index (κ1) is 13.1. The molecule has 2 N–H and O–H groups in total. The smallest absolute Gasteiger partial charge is 0.339 e. The average Bonchev–Trinajstić information content (AvgIpc) is 2.69. The third-order valence-electron chi connectivity index (χ3n) is 2.93. The predicted octanol–water partition coefficient (Wildman–Crippen LogP) is 2.61. The van der Waals surface area contributed by atoms with Crippen LogP contribution < -0.4 is 4.74 Å². The van der Waals surface area contributed by atoms with Crippen molar-refractivity contribution in [3.63, 3.8) is 0 Å². The van der Waals surface area contributed by atoms with Gasteiger partial charge in [0, 0.05) is 5.69 Å². The van der Waals surface area contributed by atoms with Crippen LogP contribution in [-0.2, 0) is 6.61 Å². The lowest BCUT2D eigenvalue weighted by Gasteiger charge is -2.08. The van der Waals surface area contributed by atoms with E-state index in [0.717, 1.165) is 16.9 Å². The number of hydrogen-bond acceptors (Lipinski definition) is 3. The van der Waals surface area contributed by atoms with Gasteiger partial charge in [-0.05, 0) is 32.4 Å². The summed E-state index contributed by atoms with van der Waals surface area (Å²) in [5.41, 5.74) is 3.30. The molecule has 0 aliphatic rings. The minimum absolute atomic E-state index is 0.135. The number of carboxylic acid groups (broad SMARTS) is 1. The van der Waals surface area contributed by atoms with Crippen LogP contribution in [0.2, 0.25) is 0 Å². The maximum absolute atomic E-state index is 11.1. The van der Waals surface area contributed by atoms with Crippen LogP contribution in [0, 0.1) is 20.8 Å². The van der Waals surface area contributed by atoms with E-state index in [9.17, 15) is 4.79 Å². The zero-order chi connectivity index (χ0) is 14.0. The van der Waals surface area contributed by atoms with E-state index >= 15 is 0 Å². The number of rotatable bonds is 4. The summed E-state index contributed by atoms with van der Waals surface area (Å²) in [7, 11) is 0. The molecule has 5 nitrogen and oxygen atoms in total. The van der Waals surface area contributed by atoms with Crippen molar-refractivity contribution in [2.75, 3.05) is 0 Å². The highest BCUT2D eigenvalue weighted by Crippen LogP contribution is 2.21. The van der Waals surface area contributed by atoms with Crippen molar-refractivity contribution in [2.24, 2.45) is 0 Å². The summed E-state index contributed by atoms with van der Waals surface area (Å²) >= 11 is 0. The van der Waals surface area contributed by atoms with Gasteiger partial charge in [-0.3, -0.25) is 5.10 Å². The molecule has 2 aromatic rings. The van der Waals surface area contributed by atoms with Crippen LogP contribution in [-0.4, -0.2) is 21.3 Å². The standard InChI is InChI=1S/C14H16N2O3/c1-8-4-5-12(9(2)6-8)19-7-11-13(14(17)18)10(3)15-16-11/h4-6H,7H2,1-3H3,(H,15,16)(H,17,18). The van der Waals surface area contributed by atoms with Gasteiger partial charge in [0.2, 0.25) is 0 Å². The van der Waals surface area contributed by atoms with Gasteiger partial charge in [-0.25, -0.2) is 4.79 Å². The van der Waals surface area contributed by atoms with Crippen LogP contribution in [0.15, 0.2) is 18.2 Å². The Labute approximate surface area is 111 Å². The number of carboxylic acids is 1. The summed E-state index contributed by atoms with van der Waals surface area (Å²) in [5.74, 6) is -0.256. The monoisotopic (exact) mass is 260 g/mol. The molecule has 0 spiro atoms. The molecule has 0 radical (unpaired) electrons. The first-order chi connectivity index (χ1) is 8.99. The predicted molar refractivity (Wildman–Crippen MR) is 70.5 cm³/mol. The molecule has 1 aromatic carbocycles. The number of aromatic amines is 1. The van der Waals surface area contributed by atoms with Gasteiger partial charge < -0.3 is 9.84 Å². The lowest BCUT2D eigenvalue weighted by molar-refractivity contribution is 0.0693. The number of H-pyrrole nitrogens is 1. The van der Waals surface area contributed by atoms with Crippen molar-refractivity contribution >= 4 is 5.97 Å². The molecule has 0 fully saturated rings. The maximum atomic E-state index is 11.1. The van der Waals surface area contributed by atoms with Gasteiger partial charge in [-0.15, -0.1) is 0 Å². The molecule has 0 atom stereocenters. The molecule has 19 heavy (non-hydrogen) atoms. The van der Waals surface area contributed by atoms with E-state index < -0.39 is 5.97 Å². The highest BCUT2D eigenvalue weighted by Gasteiger charge is 2.17. The third kappa shape index (κ3) is 2.76. The van der Waals surface area contributed by atoms with Gasteiger partial charge >= 0.3 is 5.97 Å². The number of benzene rings is 1. The Morgan fingerprint density at radius 1 is 1.37 bits per heavy atom. The Morgan fingerprint density at radius 2 is 2.11 bits per heavy atom. The topological polar surface area (TPSA) is 75.2 Å². The molecule has 1 heterocycles. The summed E-state index contributed by atoms with van der Waals surface area (Å²) in [6.45, 7) is 5.78. The zero-order valence-electron chi connectivity index (χ0n) is 11.2. The van der Waals surface area contributed by atoms with Crippen LogP contribution >= 0.6 is 0 Å². The van der Waals surface area contributed by atoms with Gasteiger partial charge in [-0.1, -0.05) is 17.7 Å². The first-order valence-electron chi connectivity index (χ1n) is 5.96. The number of carbonyl (C=O) groups is 1. The highest BCUT2D eigenvalue weighted by molar-refractivity contribution is 5.90. The lowest BCUT2D eigenvalue weighted by Crippen LogP contribution is -2.05. The van der Waals surface area contributed by atoms with E-state index in [1.807, 2.05) is 32.0 Å². The van der Waals surface area contributed by atoms with Gasteiger partial charge in [0.1, 0.15) is 23.6 Å². The molecule has 0 unspecified atom stereocenters. The van der Waals surface area contributed by atoms with Crippen molar-refractivity contribution in [1.29, 1.82) is 0 Å². The third-order valence-corrected chi connectivity index (χ3v) is 2.93. The van der Waals surface area contributed by atoms with Crippen LogP contribution in [0.4, 0.5) is 0 Å². The van der Waals surface area contributed by atoms with Crippen molar-refractivity contribution in [3.05, 3.63) is 46.3 Å². The van der Waals surface area contributed by atoms with Crippen LogP contribution in [0.5, 0.6) is 5.75 Å². The molecule has 0 aliphatic heterocycles. The lowest BCUT2D eigenvalue weighted by atomic mass is 10.1. The number of nitrogens with one attached hydrogen (secondary N) is 1. The van der Waals surface area contributed by atoms with E-state index in [1.54, 1.807) is 6.92 Å². The summed E-state index contributed by atoms with van der Waals surface area (Å²) < 4.78 is 5.64. The van der Waals surface area contributed by atoms with E-state index in [1.165, 1.54) is 0 Å². The number of hydrogen-bond donors (Lipinski definition) is 2. The van der Waals surface area contributed by atoms with Crippen molar-refractivity contribution < 1.29 is 14.6 Å². The van der Waals surface area contributed by atoms with Crippen LogP contribution in [0.3, 0.4) is 0 Å². The quantitative estimate of drug-likeness (QED) is 0.886. The fourth-order valence-electron chi connectivity index (χ4n) is 1.98. The fraction of sp³-hybridized carbons (Fsp3) is 0.286. The van der Waals surface area contributed by atoms with E-state index in [0.29, 0.717) is 11.4 Å². The minimum atomic E-state index is -0.995. The molecule has 5 heteroatoms. The van der Waals surface area contributed by atoms with E-state index in [4.69, 9.17) is 9.84 Å². The summed E-state index contributed by atoms with van der Waals surface area (Å²) in [6.07, 6.45) is 0. The second-order valence-electron chi connectivity index (χ2n) is 4.53. The second-order valence-corrected chi connectivity index (χ2v) is 4.53. The molecule has 1 aromatic heterocycles. The average molecular weight is 260 g/mol. The van der Waals surface area contributed by atoms with Crippen molar-refractivity contribution in [1.82, 2.24) is 10.2 Å². The van der Waals surface area contributed by atoms with Gasteiger partial charge in [0.05, 0.1) is 0 Å². The fourth-order valence-corrected chi connectivity index (χ4v) is 1.98. The number of ether oxygens (including phenoxy) is 1. The number of aryl methyl sites for hydroxylation is 3. The van der Waals surface area contributed by atoms with Crippen molar-refractivity contribution in [3.8, 4) is 5.75 Å². The van der Waals surface area contributed by atoms with Gasteiger partial charge in [-0.2, -0.15) is 5.10 Å². The maximum Gasteiger partial charge on any atom is 0.339 e. The molecule has 0 saturated carbocycles. The number of aromatic nitrogens is 2. The molecule has 0 amide bonds. The Hall–Kier alpha value is -2.30. The summed E-state index contributed by atoms with van der Waals surface area (Å²) in [4.78, 5) is 11.1. The Bertz CT molecular complexity index is 617. The molecule has 0 bridgehead atoms.